The van der Waals surface area contributed by atoms with Crippen molar-refractivity contribution < 1.29 is 5.11 Å². The van der Waals surface area contributed by atoms with Gasteiger partial charge in [0.2, 0.25) is 0 Å². The molecule has 0 spiro atoms. The van der Waals surface area contributed by atoms with E-state index in [1.165, 1.54) is 47.9 Å². The number of phenolic OH excluding ortho intramolecular Hbond substituents is 1. The van der Waals surface area contributed by atoms with Crippen LogP contribution in [0.5, 0.6) is 5.75 Å². The fraction of sp³-hybridized carbons (Fsp3) is 0.213. The second-order valence-electron chi connectivity index (χ2n) is 17.6. The van der Waals surface area contributed by atoms with Crippen LogP contribution in [0.3, 0.4) is 0 Å². The molecule has 1 heterocycles. The van der Waals surface area contributed by atoms with Gasteiger partial charge in [-0.2, -0.15) is 0 Å². The maximum atomic E-state index is 13.6. The number of unbranched alkanes of at least 4 members (excludes halogenated alkanes) is 1. The van der Waals surface area contributed by atoms with Gasteiger partial charge in [0.25, 0.3) is 0 Å². The van der Waals surface area contributed by atoms with Crippen LogP contribution in [0.1, 0.15) is 88.2 Å². The molecule has 0 bridgehead atoms. The van der Waals surface area contributed by atoms with Gasteiger partial charge in [-0.3, -0.25) is 9.80 Å². The molecule has 0 radical (unpaired) electrons. The van der Waals surface area contributed by atoms with Crippen LogP contribution in [0.15, 0.2) is 224 Å². The Hall–Kier alpha value is -6.52. The minimum Gasteiger partial charge on any atom is -0.507 e. The Labute approximate surface area is 381 Å². The number of aromatic hydroxyl groups is 1. The van der Waals surface area contributed by atoms with Gasteiger partial charge in [-0.1, -0.05) is 226 Å². The molecular weight excluding hydrogens is 777 g/mol. The van der Waals surface area contributed by atoms with Gasteiger partial charge in [0.1, 0.15) is 5.75 Å². The highest BCUT2D eigenvalue weighted by molar-refractivity contribution is 5.69. The van der Waals surface area contributed by atoms with Gasteiger partial charge in [-0.05, 0) is 89.0 Å². The number of benzene rings is 8. The largest absolute Gasteiger partial charge is 0.507 e. The summed E-state index contributed by atoms with van der Waals surface area (Å²) in [5, 5.41) is 13.6. The molecule has 320 valence electrons. The lowest BCUT2D eigenvalue weighted by Gasteiger charge is -2.41. The van der Waals surface area contributed by atoms with Crippen LogP contribution in [0.2, 0.25) is 0 Å². The first-order chi connectivity index (χ1) is 31.6. The van der Waals surface area contributed by atoms with E-state index in [1.54, 1.807) is 0 Å². The third kappa shape index (κ3) is 8.46. The standard InChI is InChI=1S/C61H60N2O/c1-2-3-41-63-42-25-40-57(63)47-62(45-48-26-11-4-12-27-48)46-49-43-56(60(50-28-13-5-14-29-50,51-30-15-6-16-31-51)52-32-17-7-18-33-52)44-58(59(49)64)61(53-34-19-8-20-35-53,54-36-21-9-22-37-54)55-38-23-10-24-39-55/h4-24,26-39,43-44,57,64H,2-3,25,40-42,45-47H2,1H3/t57-/m0/s1. The zero-order chi connectivity index (χ0) is 43.6. The number of rotatable bonds is 17. The fourth-order valence-electron chi connectivity index (χ4n) is 10.7. The smallest absolute Gasteiger partial charge is 0.124 e. The molecule has 0 aliphatic carbocycles. The van der Waals surface area contributed by atoms with Crippen LogP contribution in [-0.2, 0) is 23.9 Å². The van der Waals surface area contributed by atoms with E-state index in [0.717, 1.165) is 59.6 Å². The van der Waals surface area contributed by atoms with Crippen LogP contribution in [0.4, 0.5) is 0 Å². The molecule has 1 saturated heterocycles. The van der Waals surface area contributed by atoms with E-state index in [2.05, 4.69) is 241 Å². The van der Waals surface area contributed by atoms with E-state index >= 15 is 0 Å². The molecule has 3 nitrogen and oxygen atoms in total. The number of hydrogen-bond acceptors (Lipinski definition) is 3. The summed E-state index contributed by atoms with van der Waals surface area (Å²) >= 11 is 0. The van der Waals surface area contributed by atoms with Gasteiger partial charge < -0.3 is 5.11 Å². The summed E-state index contributed by atoms with van der Waals surface area (Å²) in [5.41, 5.74) is 9.30. The molecule has 0 unspecified atom stereocenters. The maximum Gasteiger partial charge on any atom is 0.124 e. The monoisotopic (exact) mass is 836 g/mol. The second-order valence-corrected chi connectivity index (χ2v) is 17.6. The molecule has 1 aliphatic heterocycles. The van der Waals surface area contributed by atoms with Crippen LogP contribution < -0.4 is 0 Å². The number of phenols is 1. The van der Waals surface area contributed by atoms with Gasteiger partial charge in [0.15, 0.2) is 0 Å². The summed E-state index contributed by atoms with van der Waals surface area (Å²) in [6.45, 7) is 6.84. The van der Waals surface area contributed by atoms with Gasteiger partial charge in [-0.25, -0.2) is 0 Å². The molecule has 8 aromatic carbocycles. The number of nitrogens with zero attached hydrogens (tertiary/aromatic N) is 2. The summed E-state index contributed by atoms with van der Waals surface area (Å²) in [4.78, 5) is 5.33. The van der Waals surface area contributed by atoms with Crippen molar-refractivity contribution in [1.29, 1.82) is 0 Å². The summed E-state index contributed by atoms with van der Waals surface area (Å²) in [6, 6.07) is 81.4. The lowest BCUT2D eigenvalue weighted by atomic mass is 9.61. The quantitative estimate of drug-likeness (QED) is 0.0926. The summed E-state index contributed by atoms with van der Waals surface area (Å²) < 4.78 is 0. The molecular formula is C61H60N2O. The maximum absolute atomic E-state index is 13.6. The highest BCUT2D eigenvalue weighted by Gasteiger charge is 2.45. The van der Waals surface area contributed by atoms with E-state index in [4.69, 9.17) is 0 Å². The highest BCUT2D eigenvalue weighted by atomic mass is 16.3. The molecule has 64 heavy (non-hydrogen) atoms. The SMILES string of the molecule is CCCCN1CCC[C@H]1CN(Cc1ccccc1)Cc1cc(C(c2ccccc2)(c2ccccc2)c2ccccc2)cc(C(c2ccccc2)(c2ccccc2)c2ccccc2)c1O. The lowest BCUT2D eigenvalue weighted by Crippen LogP contribution is -2.40. The Balaban J connectivity index is 1.37. The predicted octanol–water partition coefficient (Wildman–Crippen LogP) is 13.4. The van der Waals surface area contributed by atoms with Crippen molar-refractivity contribution in [2.75, 3.05) is 19.6 Å². The van der Waals surface area contributed by atoms with E-state index in [1.807, 2.05) is 0 Å². The Bertz CT molecular complexity index is 2460. The summed E-state index contributed by atoms with van der Waals surface area (Å²) in [6.07, 6.45) is 4.81. The van der Waals surface area contributed by atoms with Gasteiger partial charge >= 0.3 is 0 Å². The van der Waals surface area contributed by atoms with Crippen molar-refractivity contribution in [3.8, 4) is 5.75 Å². The third-order valence-electron chi connectivity index (χ3n) is 13.7. The van der Waals surface area contributed by atoms with Crippen molar-refractivity contribution in [2.24, 2.45) is 0 Å². The molecule has 9 rings (SSSR count). The molecule has 1 atom stereocenters. The Morgan fingerprint density at radius 2 is 0.906 bits per heavy atom. The first kappa shape index (κ1) is 42.8. The highest BCUT2D eigenvalue weighted by Crippen LogP contribution is 2.53. The average molecular weight is 837 g/mol. The number of likely N-dealkylation sites (tertiary alicyclic amines) is 1. The van der Waals surface area contributed by atoms with Crippen LogP contribution in [0, 0.1) is 0 Å². The first-order valence-electron chi connectivity index (χ1n) is 23.3. The molecule has 0 aromatic heterocycles. The average Bonchev–Trinajstić information content (AvgIpc) is 3.81. The normalized spacial score (nSPS) is 14.5. The number of hydrogen-bond donors (Lipinski definition) is 1. The van der Waals surface area contributed by atoms with Crippen molar-refractivity contribution in [3.05, 3.63) is 280 Å². The van der Waals surface area contributed by atoms with Crippen LogP contribution in [-0.4, -0.2) is 40.6 Å². The topological polar surface area (TPSA) is 26.7 Å². The molecule has 1 aliphatic rings. The molecule has 1 fully saturated rings. The fourth-order valence-corrected chi connectivity index (χ4v) is 10.7. The zero-order valence-corrected chi connectivity index (χ0v) is 37.1. The predicted molar refractivity (Wildman–Crippen MR) is 265 cm³/mol. The Morgan fingerprint density at radius 3 is 1.33 bits per heavy atom. The van der Waals surface area contributed by atoms with Gasteiger partial charge in [0, 0.05) is 36.8 Å². The van der Waals surface area contributed by atoms with Crippen molar-refractivity contribution in [1.82, 2.24) is 9.80 Å². The van der Waals surface area contributed by atoms with Crippen LogP contribution >= 0.6 is 0 Å². The van der Waals surface area contributed by atoms with E-state index in [0.29, 0.717) is 18.3 Å². The minimum atomic E-state index is -0.888. The summed E-state index contributed by atoms with van der Waals surface area (Å²) in [5.74, 6) is 0.329. The minimum absolute atomic E-state index is 0.329. The van der Waals surface area contributed by atoms with Gasteiger partial charge in [-0.15, -0.1) is 0 Å². The molecule has 0 amide bonds. The lowest BCUT2D eigenvalue weighted by molar-refractivity contribution is 0.159. The molecule has 3 heteroatoms. The van der Waals surface area contributed by atoms with Crippen molar-refractivity contribution >= 4 is 0 Å². The Morgan fingerprint density at radius 1 is 0.500 bits per heavy atom. The first-order valence-corrected chi connectivity index (χ1v) is 23.3. The van der Waals surface area contributed by atoms with Crippen molar-refractivity contribution in [2.45, 2.75) is 62.6 Å². The Kier molecular flexibility index (Phi) is 13.3. The van der Waals surface area contributed by atoms with Gasteiger partial charge in [0.05, 0.1) is 10.8 Å². The molecule has 8 aromatic rings. The van der Waals surface area contributed by atoms with E-state index in [-0.39, 0.29) is 0 Å². The third-order valence-corrected chi connectivity index (χ3v) is 13.7. The molecule has 1 N–H and O–H groups in total. The molecule has 0 saturated carbocycles. The second kappa shape index (κ2) is 19.9. The zero-order valence-electron chi connectivity index (χ0n) is 37.1. The van der Waals surface area contributed by atoms with E-state index < -0.39 is 10.8 Å². The van der Waals surface area contributed by atoms with Crippen molar-refractivity contribution in [3.63, 3.8) is 0 Å². The summed E-state index contributed by atoms with van der Waals surface area (Å²) in [7, 11) is 0. The van der Waals surface area contributed by atoms with E-state index in [9.17, 15) is 5.11 Å². The van der Waals surface area contributed by atoms with Crippen LogP contribution in [0.25, 0.3) is 0 Å².